The summed E-state index contributed by atoms with van der Waals surface area (Å²) in [6.45, 7) is 0.489. The van der Waals surface area contributed by atoms with Gasteiger partial charge in [-0.25, -0.2) is 0 Å². The third kappa shape index (κ3) is 0.393. The normalized spacial score (nSPS) is 60.8. The van der Waals surface area contributed by atoms with E-state index in [9.17, 15) is 0 Å². The summed E-state index contributed by atoms with van der Waals surface area (Å²) in [5, 5.41) is 9.00. The second-order valence-electron chi connectivity index (χ2n) is 2.52. The molecule has 1 aliphatic heterocycles. The zero-order valence-corrected chi connectivity index (χ0v) is 4.45. The van der Waals surface area contributed by atoms with Gasteiger partial charge in [-0.05, 0) is 0 Å². The lowest BCUT2D eigenvalue weighted by atomic mass is 10.2. The van der Waals surface area contributed by atoms with E-state index in [0.29, 0.717) is 6.61 Å². The van der Waals surface area contributed by atoms with Crippen molar-refractivity contribution in [3.05, 3.63) is 0 Å². The molecule has 0 aromatic heterocycles. The van der Waals surface area contributed by atoms with Crippen LogP contribution in [0.4, 0.5) is 0 Å². The van der Waals surface area contributed by atoms with Crippen molar-refractivity contribution in [2.24, 2.45) is 11.7 Å². The van der Waals surface area contributed by atoms with Gasteiger partial charge in [-0.15, -0.1) is 0 Å². The van der Waals surface area contributed by atoms with Gasteiger partial charge in [-0.2, -0.15) is 0 Å². The smallest absolute Gasteiger partial charge is 0.0843 e. The van der Waals surface area contributed by atoms with Gasteiger partial charge in [0.1, 0.15) is 0 Å². The fourth-order valence-electron chi connectivity index (χ4n) is 1.35. The van der Waals surface area contributed by atoms with Crippen LogP contribution in [-0.4, -0.2) is 30.0 Å². The zero-order valence-electron chi connectivity index (χ0n) is 4.45. The van der Waals surface area contributed by atoms with Crippen molar-refractivity contribution in [3.8, 4) is 0 Å². The molecular formula is C5H9NO2. The van der Waals surface area contributed by atoms with Crippen molar-refractivity contribution in [2.75, 3.05) is 6.61 Å². The van der Waals surface area contributed by atoms with Gasteiger partial charge >= 0.3 is 0 Å². The summed E-state index contributed by atoms with van der Waals surface area (Å²) >= 11 is 0. The summed E-state index contributed by atoms with van der Waals surface area (Å²) in [4.78, 5) is 0. The Hall–Kier alpha value is -0.120. The average Bonchev–Trinajstić information content (AvgIpc) is 2.13. The maximum absolute atomic E-state index is 9.00. The lowest BCUT2D eigenvalue weighted by Gasteiger charge is -2.01. The third-order valence-electron chi connectivity index (χ3n) is 1.97. The number of nitrogens with two attached hydrogens (primary N) is 1. The zero-order chi connectivity index (χ0) is 5.72. The maximum Gasteiger partial charge on any atom is 0.0843 e. The highest BCUT2D eigenvalue weighted by molar-refractivity contribution is 5.10. The Morgan fingerprint density at radius 2 is 2.38 bits per heavy atom. The summed E-state index contributed by atoms with van der Waals surface area (Å²) in [7, 11) is 0. The van der Waals surface area contributed by atoms with E-state index in [1.807, 2.05) is 0 Å². The third-order valence-corrected chi connectivity index (χ3v) is 1.97. The number of rotatable bonds is 0. The Kier molecular flexibility index (Phi) is 0.730. The van der Waals surface area contributed by atoms with Gasteiger partial charge in [0.25, 0.3) is 0 Å². The van der Waals surface area contributed by atoms with Crippen molar-refractivity contribution in [1.29, 1.82) is 0 Å². The van der Waals surface area contributed by atoms with Gasteiger partial charge in [-0.1, -0.05) is 0 Å². The van der Waals surface area contributed by atoms with Gasteiger partial charge < -0.3 is 15.6 Å². The second-order valence-corrected chi connectivity index (χ2v) is 2.52. The molecule has 1 saturated carbocycles. The van der Waals surface area contributed by atoms with Gasteiger partial charge in [0.05, 0.1) is 18.8 Å². The topological polar surface area (TPSA) is 55.5 Å². The van der Waals surface area contributed by atoms with Crippen LogP contribution in [0.15, 0.2) is 0 Å². The van der Waals surface area contributed by atoms with Crippen LogP contribution in [0.5, 0.6) is 0 Å². The highest BCUT2D eigenvalue weighted by Crippen LogP contribution is 2.40. The van der Waals surface area contributed by atoms with E-state index in [2.05, 4.69) is 0 Å². The maximum atomic E-state index is 9.00. The summed E-state index contributed by atoms with van der Waals surface area (Å²) in [5.74, 6) is 0.259. The molecule has 0 radical (unpaired) electrons. The molecule has 2 aliphatic rings. The minimum atomic E-state index is -0.282. The first-order valence-electron chi connectivity index (χ1n) is 2.86. The molecule has 4 atom stereocenters. The molecule has 3 heteroatoms. The number of aliphatic hydroxyl groups is 1. The Labute approximate surface area is 47.4 Å². The van der Waals surface area contributed by atoms with Crippen LogP contribution in [0.1, 0.15) is 0 Å². The van der Waals surface area contributed by atoms with Crippen LogP contribution < -0.4 is 5.73 Å². The van der Waals surface area contributed by atoms with Crippen molar-refractivity contribution in [2.45, 2.75) is 18.2 Å². The van der Waals surface area contributed by atoms with E-state index in [1.54, 1.807) is 0 Å². The van der Waals surface area contributed by atoms with E-state index < -0.39 is 0 Å². The Morgan fingerprint density at radius 1 is 1.62 bits per heavy atom. The Bertz CT molecular complexity index is 115. The average molecular weight is 115 g/mol. The number of fused-ring (bicyclic) bond motifs is 1. The molecule has 0 aromatic rings. The van der Waals surface area contributed by atoms with Crippen LogP contribution in [0.2, 0.25) is 0 Å². The molecule has 0 amide bonds. The fraction of sp³-hybridized carbons (Fsp3) is 1.00. The van der Waals surface area contributed by atoms with Crippen molar-refractivity contribution in [3.63, 3.8) is 0 Å². The minimum Gasteiger partial charge on any atom is -0.390 e. The van der Waals surface area contributed by atoms with Crippen LogP contribution >= 0.6 is 0 Å². The molecule has 1 heterocycles. The lowest BCUT2D eigenvalue weighted by Crippen LogP contribution is -2.20. The molecule has 1 aliphatic carbocycles. The highest BCUT2D eigenvalue weighted by atomic mass is 16.5. The van der Waals surface area contributed by atoms with Crippen molar-refractivity contribution in [1.82, 2.24) is 0 Å². The van der Waals surface area contributed by atoms with Gasteiger partial charge in [0.15, 0.2) is 0 Å². The molecular weight excluding hydrogens is 106 g/mol. The molecule has 4 unspecified atom stereocenters. The second kappa shape index (κ2) is 1.23. The largest absolute Gasteiger partial charge is 0.390 e. The number of ether oxygens (including phenoxy) is 1. The Morgan fingerprint density at radius 3 is 2.62 bits per heavy atom. The summed E-state index contributed by atoms with van der Waals surface area (Å²) in [6.07, 6.45) is -0.0972. The first-order valence-corrected chi connectivity index (χ1v) is 2.86. The van der Waals surface area contributed by atoms with E-state index in [1.165, 1.54) is 0 Å². The molecule has 2 fully saturated rings. The van der Waals surface area contributed by atoms with E-state index >= 15 is 0 Å². The van der Waals surface area contributed by atoms with E-state index in [-0.39, 0.29) is 24.2 Å². The molecule has 46 valence electrons. The molecule has 8 heavy (non-hydrogen) atoms. The highest BCUT2D eigenvalue weighted by Gasteiger charge is 2.57. The Balaban J connectivity index is 2.07. The fourth-order valence-corrected chi connectivity index (χ4v) is 1.35. The molecule has 2 rings (SSSR count). The molecule has 3 N–H and O–H groups in total. The van der Waals surface area contributed by atoms with E-state index in [0.717, 1.165) is 0 Å². The quantitative estimate of drug-likeness (QED) is 0.412. The predicted octanol–water partition coefficient (Wildman–Crippen LogP) is -1.30. The minimum absolute atomic E-state index is 0.124. The van der Waals surface area contributed by atoms with Crippen LogP contribution in [0.3, 0.4) is 0 Å². The lowest BCUT2D eigenvalue weighted by molar-refractivity contribution is 0.0774. The number of hydrogen-bond acceptors (Lipinski definition) is 3. The standard InChI is InChI=1S/C5H9NO2/c6-4-3-2(7)1-8-5(3)4/h2-5,7H,1,6H2. The van der Waals surface area contributed by atoms with Gasteiger partial charge in [0, 0.05) is 12.0 Å². The SMILES string of the molecule is NC1C2OCC(O)C12. The molecule has 3 nitrogen and oxygen atoms in total. The van der Waals surface area contributed by atoms with Crippen molar-refractivity contribution < 1.29 is 9.84 Å². The van der Waals surface area contributed by atoms with Gasteiger partial charge in [0.2, 0.25) is 0 Å². The first-order chi connectivity index (χ1) is 3.80. The van der Waals surface area contributed by atoms with Crippen molar-refractivity contribution >= 4 is 0 Å². The summed E-state index contributed by atoms with van der Waals surface area (Å²) in [6, 6.07) is 0.124. The number of hydrogen-bond donors (Lipinski definition) is 2. The molecule has 0 spiro atoms. The summed E-state index contributed by atoms with van der Waals surface area (Å²) < 4.78 is 5.08. The molecule has 0 bridgehead atoms. The van der Waals surface area contributed by atoms with E-state index in [4.69, 9.17) is 15.6 Å². The monoisotopic (exact) mass is 115 g/mol. The first kappa shape index (κ1) is 4.73. The molecule has 1 saturated heterocycles. The summed E-state index contributed by atoms with van der Waals surface area (Å²) in [5.41, 5.74) is 5.48. The van der Waals surface area contributed by atoms with Gasteiger partial charge in [-0.3, -0.25) is 0 Å². The molecule has 0 aromatic carbocycles. The van der Waals surface area contributed by atoms with Crippen LogP contribution in [-0.2, 0) is 4.74 Å². The number of aliphatic hydroxyl groups excluding tert-OH is 1. The van der Waals surface area contributed by atoms with Crippen LogP contribution in [0, 0.1) is 5.92 Å². The van der Waals surface area contributed by atoms with Crippen LogP contribution in [0.25, 0.3) is 0 Å². The predicted molar refractivity (Wildman–Crippen MR) is 27.2 cm³/mol.